The van der Waals surface area contributed by atoms with Gasteiger partial charge in [-0.15, -0.1) is 0 Å². The van der Waals surface area contributed by atoms with Gasteiger partial charge in [0.1, 0.15) is 0 Å². The van der Waals surface area contributed by atoms with Crippen LogP contribution in [0.3, 0.4) is 0 Å². The molecule has 1 atom stereocenters. The van der Waals surface area contributed by atoms with Crippen LogP contribution >= 0.6 is 0 Å². The van der Waals surface area contributed by atoms with E-state index in [0.29, 0.717) is 17.7 Å². The van der Waals surface area contributed by atoms with Crippen molar-refractivity contribution in [2.24, 2.45) is 5.92 Å². The fourth-order valence-corrected chi connectivity index (χ4v) is 3.17. The highest BCUT2D eigenvalue weighted by molar-refractivity contribution is 6.01. The summed E-state index contributed by atoms with van der Waals surface area (Å²) in [5.41, 5.74) is 2.80. The average Bonchev–Trinajstić information content (AvgIpc) is 3.14. The van der Waals surface area contributed by atoms with Crippen LogP contribution in [-0.2, 0) is 19.1 Å². The Kier molecular flexibility index (Phi) is 6.61. The quantitative estimate of drug-likeness (QED) is 0.561. The van der Waals surface area contributed by atoms with Crippen LogP contribution in [0.4, 0.5) is 11.4 Å². The first kappa shape index (κ1) is 21.2. The third-order valence-corrected chi connectivity index (χ3v) is 4.96. The molecule has 1 aliphatic rings. The number of ether oxygens (including phenoxy) is 1. The Labute approximate surface area is 175 Å². The first-order chi connectivity index (χ1) is 14.4. The number of anilines is 2. The number of Topliss-reactive ketones (excluding diaryl/α,β-unsaturated/α-hetero) is 1. The van der Waals surface area contributed by atoms with Crippen LogP contribution in [-0.4, -0.2) is 36.7 Å². The number of esters is 1. The predicted molar refractivity (Wildman–Crippen MR) is 112 cm³/mol. The van der Waals surface area contributed by atoms with E-state index in [1.807, 2.05) is 31.2 Å². The molecule has 0 aromatic heterocycles. The molecular formula is C23H24N2O5. The summed E-state index contributed by atoms with van der Waals surface area (Å²) >= 11 is 0. The zero-order valence-electron chi connectivity index (χ0n) is 17.0. The van der Waals surface area contributed by atoms with Gasteiger partial charge in [-0.25, -0.2) is 0 Å². The van der Waals surface area contributed by atoms with Gasteiger partial charge in [0.15, 0.2) is 12.4 Å². The van der Waals surface area contributed by atoms with Gasteiger partial charge in [0.2, 0.25) is 11.8 Å². The van der Waals surface area contributed by atoms with Crippen molar-refractivity contribution in [1.29, 1.82) is 0 Å². The van der Waals surface area contributed by atoms with E-state index in [-0.39, 0.29) is 30.6 Å². The predicted octanol–water partition coefficient (Wildman–Crippen LogP) is 3.12. The minimum absolute atomic E-state index is 0.0622. The molecule has 2 aromatic rings. The van der Waals surface area contributed by atoms with Crippen molar-refractivity contribution in [3.8, 4) is 0 Å². The summed E-state index contributed by atoms with van der Waals surface area (Å²) in [4.78, 5) is 49.9. The molecule has 0 unspecified atom stereocenters. The maximum atomic E-state index is 12.4. The van der Waals surface area contributed by atoms with Crippen LogP contribution in [0.2, 0.25) is 0 Å². The Morgan fingerprint density at radius 2 is 1.73 bits per heavy atom. The fourth-order valence-electron chi connectivity index (χ4n) is 3.17. The van der Waals surface area contributed by atoms with E-state index in [2.05, 4.69) is 5.32 Å². The molecule has 2 amide bonds. The number of hydrogen-bond acceptors (Lipinski definition) is 5. The number of hydrogen-bond donors (Lipinski definition) is 1. The fraction of sp³-hybridized carbons (Fsp3) is 0.304. The molecule has 1 heterocycles. The van der Waals surface area contributed by atoms with E-state index in [1.165, 1.54) is 0 Å². The molecule has 3 rings (SSSR count). The van der Waals surface area contributed by atoms with Gasteiger partial charge in [-0.3, -0.25) is 19.2 Å². The molecule has 0 aliphatic carbocycles. The van der Waals surface area contributed by atoms with Crippen molar-refractivity contribution in [3.05, 3.63) is 59.7 Å². The van der Waals surface area contributed by atoms with E-state index in [9.17, 15) is 19.2 Å². The molecule has 1 N–H and O–H groups in total. The van der Waals surface area contributed by atoms with Crippen molar-refractivity contribution in [2.75, 3.05) is 23.4 Å². The summed E-state index contributed by atoms with van der Waals surface area (Å²) in [6.07, 6.45) is 0.425. The van der Waals surface area contributed by atoms with Gasteiger partial charge in [0.25, 0.3) is 0 Å². The van der Waals surface area contributed by atoms with Gasteiger partial charge < -0.3 is 15.0 Å². The van der Waals surface area contributed by atoms with Gasteiger partial charge in [-0.05, 0) is 43.3 Å². The summed E-state index contributed by atoms with van der Waals surface area (Å²) in [6, 6.07) is 13.9. The number of amides is 2. The lowest BCUT2D eigenvalue weighted by Gasteiger charge is -2.16. The molecule has 156 valence electrons. The van der Waals surface area contributed by atoms with E-state index in [4.69, 9.17) is 4.74 Å². The van der Waals surface area contributed by atoms with Crippen molar-refractivity contribution in [2.45, 2.75) is 26.7 Å². The number of carbonyl (C=O) groups excluding carboxylic acids is 4. The third-order valence-electron chi connectivity index (χ3n) is 4.96. The lowest BCUT2D eigenvalue weighted by atomic mass is 10.1. The molecule has 0 bridgehead atoms. The van der Waals surface area contributed by atoms with Gasteiger partial charge in [0.05, 0.1) is 5.92 Å². The van der Waals surface area contributed by atoms with Crippen molar-refractivity contribution < 1.29 is 23.9 Å². The molecule has 1 fully saturated rings. The number of carbonyl (C=O) groups is 4. The summed E-state index contributed by atoms with van der Waals surface area (Å²) in [7, 11) is 0. The number of aryl methyl sites for hydroxylation is 1. The SMILES string of the molecule is CCC(=O)Nc1ccc(C(=O)COC(=O)[C@H]2CC(=O)N(c3ccc(C)cc3)C2)cc1. The second-order valence-corrected chi connectivity index (χ2v) is 7.25. The highest BCUT2D eigenvalue weighted by atomic mass is 16.5. The standard InChI is InChI=1S/C23H24N2O5/c1-3-21(27)24-18-8-6-16(7-9-18)20(26)14-30-23(29)17-12-22(28)25(13-17)19-10-4-15(2)5-11-19/h4-11,17H,3,12-14H2,1-2H3,(H,24,27)/t17-/m0/s1. The number of ketones is 1. The third kappa shape index (κ3) is 5.11. The van der Waals surface area contributed by atoms with Crippen molar-refractivity contribution >= 4 is 34.9 Å². The molecule has 2 aromatic carbocycles. The maximum absolute atomic E-state index is 12.4. The minimum atomic E-state index is -0.599. The molecule has 1 saturated heterocycles. The highest BCUT2D eigenvalue weighted by Crippen LogP contribution is 2.26. The van der Waals surface area contributed by atoms with Gasteiger partial charge >= 0.3 is 5.97 Å². The summed E-state index contributed by atoms with van der Waals surface area (Å²) < 4.78 is 5.17. The maximum Gasteiger partial charge on any atom is 0.311 e. The van der Waals surface area contributed by atoms with Crippen molar-refractivity contribution in [3.63, 3.8) is 0 Å². The number of benzene rings is 2. The Balaban J connectivity index is 1.52. The molecular weight excluding hydrogens is 384 g/mol. The Morgan fingerprint density at radius 3 is 2.37 bits per heavy atom. The van der Waals surface area contributed by atoms with Crippen LogP contribution in [0.1, 0.15) is 35.7 Å². The largest absolute Gasteiger partial charge is 0.457 e. The van der Waals surface area contributed by atoms with Gasteiger partial charge in [-0.1, -0.05) is 24.6 Å². The molecule has 1 aliphatic heterocycles. The smallest absolute Gasteiger partial charge is 0.311 e. The summed E-state index contributed by atoms with van der Waals surface area (Å²) in [6.45, 7) is 3.55. The summed E-state index contributed by atoms with van der Waals surface area (Å²) in [5, 5.41) is 2.70. The molecule has 7 nitrogen and oxygen atoms in total. The van der Waals surface area contributed by atoms with Crippen LogP contribution in [0.25, 0.3) is 0 Å². The van der Waals surface area contributed by atoms with E-state index in [0.717, 1.165) is 11.3 Å². The monoisotopic (exact) mass is 408 g/mol. The average molecular weight is 408 g/mol. The Hall–Kier alpha value is -3.48. The topological polar surface area (TPSA) is 92.8 Å². The van der Waals surface area contributed by atoms with Crippen LogP contribution in [0.15, 0.2) is 48.5 Å². The zero-order valence-corrected chi connectivity index (χ0v) is 17.0. The minimum Gasteiger partial charge on any atom is -0.457 e. The van der Waals surface area contributed by atoms with Crippen LogP contribution in [0, 0.1) is 12.8 Å². The van der Waals surface area contributed by atoms with Crippen LogP contribution in [0.5, 0.6) is 0 Å². The van der Waals surface area contributed by atoms with E-state index >= 15 is 0 Å². The molecule has 0 spiro atoms. The van der Waals surface area contributed by atoms with E-state index < -0.39 is 18.5 Å². The normalized spacial score (nSPS) is 15.7. The number of nitrogens with zero attached hydrogens (tertiary/aromatic N) is 1. The Bertz CT molecular complexity index is 951. The first-order valence-electron chi connectivity index (χ1n) is 9.84. The van der Waals surface area contributed by atoms with Gasteiger partial charge in [0, 0.05) is 36.3 Å². The molecule has 7 heteroatoms. The molecule has 30 heavy (non-hydrogen) atoms. The molecule has 0 saturated carbocycles. The van der Waals surface area contributed by atoms with E-state index in [1.54, 1.807) is 36.1 Å². The van der Waals surface area contributed by atoms with Crippen LogP contribution < -0.4 is 10.2 Å². The van der Waals surface area contributed by atoms with Crippen molar-refractivity contribution in [1.82, 2.24) is 0 Å². The second kappa shape index (κ2) is 9.35. The highest BCUT2D eigenvalue weighted by Gasteiger charge is 2.36. The zero-order chi connectivity index (χ0) is 21.7. The first-order valence-corrected chi connectivity index (χ1v) is 9.84. The Morgan fingerprint density at radius 1 is 1.07 bits per heavy atom. The number of nitrogens with one attached hydrogen (secondary N) is 1. The second-order valence-electron chi connectivity index (χ2n) is 7.25. The summed E-state index contributed by atoms with van der Waals surface area (Å²) in [5.74, 6) is -1.77. The molecule has 0 radical (unpaired) electrons. The van der Waals surface area contributed by atoms with Gasteiger partial charge in [-0.2, -0.15) is 0 Å². The lowest BCUT2D eigenvalue weighted by Crippen LogP contribution is -2.27. The lowest BCUT2D eigenvalue weighted by molar-refractivity contribution is -0.147. The number of rotatable bonds is 7.